The molecule has 6 nitrogen and oxygen atoms in total. The second kappa shape index (κ2) is 7.92. The van der Waals surface area contributed by atoms with Crippen LogP contribution in [0.15, 0.2) is 60.7 Å². The second-order valence-corrected chi connectivity index (χ2v) is 7.26. The van der Waals surface area contributed by atoms with E-state index in [-0.39, 0.29) is 18.1 Å². The number of hydrogen-bond donors (Lipinski definition) is 2. The summed E-state index contributed by atoms with van der Waals surface area (Å²) in [5.74, 6) is -0.838. The first kappa shape index (κ1) is 21.2. The fourth-order valence-electron chi connectivity index (χ4n) is 3.75. The van der Waals surface area contributed by atoms with Gasteiger partial charge in [0.1, 0.15) is 0 Å². The molecule has 0 radical (unpaired) electrons. The van der Waals surface area contributed by atoms with Crippen molar-refractivity contribution in [2.45, 2.75) is 19.8 Å². The van der Waals surface area contributed by atoms with Gasteiger partial charge >= 0.3 is 12.4 Å². The molecule has 0 fully saturated rings. The smallest absolute Gasteiger partial charge is 0.404 e. The maximum Gasteiger partial charge on any atom is 0.573 e. The zero-order valence-electron chi connectivity index (χ0n) is 16.9. The summed E-state index contributed by atoms with van der Waals surface area (Å²) in [5.41, 5.74) is 8.57. The molecule has 1 heterocycles. The standard InChI is InChI=1S/C23H18F3N3O3/c1-13-4-2-5-15(10-13)29(22(27)31)19-9-8-14(11-20(19)32-23(24,25)26)16-6-3-7-17-18(16)12-28-21(17)30/h2-11H,12H2,1H3,(H2,27,31)(H,28,30). The van der Waals surface area contributed by atoms with E-state index in [1.54, 1.807) is 55.5 Å². The summed E-state index contributed by atoms with van der Waals surface area (Å²) in [6.07, 6.45) is -5.00. The Balaban J connectivity index is 1.88. The van der Waals surface area contributed by atoms with Crippen LogP contribution in [-0.4, -0.2) is 18.3 Å². The number of nitrogens with one attached hydrogen (secondary N) is 1. The van der Waals surface area contributed by atoms with Gasteiger partial charge < -0.3 is 15.8 Å². The van der Waals surface area contributed by atoms with E-state index in [1.807, 2.05) is 0 Å². The average Bonchev–Trinajstić information content (AvgIpc) is 3.09. The monoisotopic (exact) mass is 441 g/mol. The van der Waals surface area contributed by atoms with Gasteiger partial charge in [0.05, 0.1) is 11.4 Å². The number of amides is 3. The van der Waals surface area contributed by atoms with Crippen LogP contribution in [0.5, 0.6) is 5.75 Å². The number of alkyl halides is 3. The maximum atomic E-state index is 13.2. The number of carbonyl (C=O) groups is 2. The highest BCUT2D eigenvalue weighted by molar-refractivity contribution is 6.02. The molecule has 0 saturated heterocycles. The Morgan fingerprint density at radius 3 is 2.47 bits per heavy atom. The lowest BCUT2D eigenvalue weighted by molar-refractivity contribution is -0.274. The molecule has 0 aliphatic carbocycles. The van der Waals surface area contributed by atoms with Gasteiger partial charge in [0.2, 0.25) is 0 Å². The Hall–Kier alpha value is -4.01. The largest absolute Gasteiger partial charge is 0.573 e. The van der Waals surface area contributed by atoms with Crippen LogP contribution >= 0.6 is 0 Å². The number of anilines is 2. The topological polar surface area (TPSA) is 84.7 Å². The SMILES string of the molecule is Cc1cccc(N(C(N)=O)c2ccc(-c3cccc4c3CNC4=O)cc2OC(F)(F)F)c1. The van der Waals surface area contributed by atoms with Crippen LogP contribution in [0.3, 0.4) is 0 Å². The Morgan fingerprint density at radius 1 is 1.06 bits per heavy atom. The van der Waals surface area contributed by atoms with Gasteiger partial charge in [-0.3, -0.25) is 9.69 Å². The summed E-state index contributed by atoms with van der Waals surface area (Å²) in [5, 5.41) is 2.70. The maximum absolute atomic E-state index is 13.2. The van der Waals surface area contributed by atoms with Crippen LogP contribution in [0, 0.1) is 6.92 Å². The number of urea groups is 1. The van der Waals surface area contributed by atoms with Crippen molar-refractivity contribution in [2.24, 2.45) is 5.73 Å². The van der Waals surface area contributed by atoms with Crippen LogP contribution in [0.1, 0.15) is 21.5 Å². The molecule has 0 unspecified atom stereocenters. The molecular weight excluding hydrogens is 423 g/mol. The molecule has 1 aliphatic rings. The third-order valence-electron chi connectivity index (χ3n) is 5.06. The third kappa shape index (κ3) is 4.09. The van der Waals surface area contributed by atoms with Crippen molar-refractivity contribution < 1.29 is 27.5 Å². The highest BCUT2D eigenvalue weighted by Crippen LogP contribution is 2.41. The van der Waals surface area contributed by atoms with Crippen LogP contribution < -0.4 is 20.7 Å². The van der Waals surface area contributed by atoms with Crippen molar-refractivity contribution in [1.29, 1.82) is 0 Å². The van der Waals surface area contributed by atoms with Gasteiger partial charge in [-0.05, 0) is 59.5 Å². The second-order valence-electron chi connectivity index (χ2n) is 7.26. The van der Waals surface area contributed by atoms with E-state index >= 15 is 0 Å². The molecule has 3 aromatic carbocycles. The average molecular weight is 441 g/mol. The lowest BCUT2D eigenvalue weighted by atomic mass is 9.96. The molecular formula is C23H18F3N3O3. The Labute approximate surface area is 181 Å². The van der Waals surface area contributed by atoms with Gasteiger partial charge in [0.25, 0.3) is 5.91 Å². The van der Waals surface area contributed by atoms with E-state index in [9.17, 15) is 22.8 Å². The zero-order chi connectivity index (χ0) is 23.0. The molecule has 0 aromatic heterocycles. The van der Waals surface area contributed by atoms with Gasteiger partial charge in [0.15, 0.2) is 5.75 Å². The van der Waals surface area contributed by atoms with Gasteiger partial charge in [-0.2, -0.15) is 0 Å². The highest BCUT2D eigenvalue weighted by atomic mass is 19.4. The van der Waals surface area contributed by atoms with Crippen molar-refractivity contribution in [1.82, 2.24) is 5.32 Å². The fourth-order valence-corrected chi connectivity index (χ4v) is 3.75. The van der Waals surface area contributed by atoms with E-state index in [4.69, 9.17) is 5.73 Å². The van der Waals surface area contributed by atoms with E-state index in [0.29, 0.717) is 27.9 Å². The molecule has 1 aliphatic heterocycles. The molecule has 3 amide bonds. The van der Waals surface area contributed by atoms with Gasteiger partial charge in [-0.25, -0.2) is 4.79 Å². The molecule has 3 N–H and O–H groups in total. The lowest BCUT2D eigenvalue weighted by Crippen LogP contribution is -2.32. The fraction of sp³-hybridized carbons (Fsp3) is 0.130. The molecule has 164 valence electrons. The van der Waals surface area contributed by atoms with E-state index < -0.39 is 18.1 Å². The number of benzene rings is 3. The van der Waals surface area contributed by atoms with Crippen molar-refractivity contribution in [3.8, 4) is 16.9 Å². The third-order valence-corrected chi connectivity index (χ3v) is 5.06. The van der Waals surface area contributed by atoms with Crippen LogP contribution in [0.25, 0.3) is 11.1 Å². The number of rotatable bonds is 4. The number of nitrogens with two attached hydrogens (primary N) is 1. The number of primary amides is 1. The summed E-state index contributed by atoms with van der Waals surface area (Å²) >= 11 is 0. The quantitative estimate of drug-likeness (QED) is 0.596. The number of nitrogens with zero attached hydrogens (tertiary/aromatic N) is 1. The molecule has 0 bridgehead atoms. The number of halogens is 3. The number of hydrogen-bond acceptors (Lipinski definition) is 3. The lowest BCUT2D eigenvalue weighted by Gasteiger charge is -2.25. The number of fused-ring (bicyclic) bond motifs is 1. The van der Waals surface area contributed by atoms with Crippen LogP contribution in [0.2, 0.25) is 0 Å². The van der Waals surface area contributed by atoms with Crippen molar-refractivity contribution in [3.63, 3.8) is 0 Å². The predicted octanol–water partition coefficient (Wildman–Crippen LogP) is 5.02. The van der Waals surface area contributed by atoms with Gasteiger partial charge in [-0.1, -0.05) is 30.3 Å². The summed E-state index contributed by atoms with van der Waals surface area (Å²) in [6, 6.07) is 14.8. The summed E-state index contributed by atoms with van der Waals surface area (Å²) in [4.78, 5) is 25.2. The minimum Gasteiger partial charge on any atom is -0.404 e. The van der Waals surface area contributed by atoms with E-state index in [1.165, 1.54) is 12.1 Å². The van der Waals surface area contributed by atoms with Crippen molar-refractivity contribution in [3.05, 3.63) is 77.4 Å². The first-order valence-corrected chi connectivity index (χ1v) is 9.60. The minimum atomic E-state index is -5.00. The number of aryl methyl sites for hydroxylation is 1. The van der Waals surface area contributed by atoms with Gasteiger partial charge in [0, 0.05) is 12.1 Å². The Bertz CT molecular complexity index is 1220. The Morgan fingerprint density at radius 2 is 1.78 bits per heavy atom. The van der Waals surface area contributed by atoms with E-state index in [2.05, 4.69) is 10.1 Å². The summed E-state index contributed by atoms with van der Waals surface area (Å²) < 4.78 is 44.0. The molecule has 9 heteroatoms. The highest BCUT2D eigenvalue weighted by Gasteiger charge is 2.34. The minimum absolute atomic E-state index is 0.161. The first-order chi connectivity index (χ1) is 15.1. The van der Waals surface area contributed by atoms with Crippen molar-refractivity contribution >= 4 is 23.3 Å². The van der Waals surface area contributed by atoms with Crippen LogP contribution in [0.4, 0.5) is 29.3 Å². The van der Waals surface area contributed by atoms with E-state index in [0.717, 1.165) is 10.5 Å². The molecule has 4 rings (SSSR count). The Kier molecular flexibility index (Phi) is 5.25. The summed E-state index contributed by atoms with van der Waals surface area (Å²) in [7, 11) is 0. The normalized spacial score (nSPS) is 12.8. The molecule has 3 aromatic rings. The first-order valence-electron chi connectivity index (χ1n) is 9.60. The number of ether oxygens (including phenoxy) is 1. The number of carbonyl (C=O) groups excluding carboxylic acids is 2. The molecule has 32 heavy (non-hydrogen) atoms. The predicted molar refractivity (Wildman–Crippen MR) is 113 cm³/mol. The zero-order valence-corrected chi connectivity index (χ0v) is 16.9. The van der Waals surface area contributed by atoms with Gasteiger partial charge in [-0.15, -0.1) is 13.2 Å². The summed E-state index contributed by atoms with van der Waals surface area (Å²) in [6.45, 7) is 2.04. The molecule has 0 atom stereocenters. The molecule has 0 spiro atoms. The molecule has 0 saturated carbocycles. The van der Waals surface area contributed by atoms with Crippen LogP contribution in [-0.2, 0) is 6.54 Å². The van der Waals surface area contributed by atoms with Crippen molar-refractivity contribution in [2.75, 3.05) is 4.90 Å².